The van der Waals surface area contributed by atoms with Crippen LogP contribution < -0.4 is 0 Å². The summed E-state index contributed by atoms with van der Waals surface area (Å²) >= 11 is 0. The predicted molar refractivity (Wildman–Crippen MR) is 120 cm³/mol. The van der Waals surface area contributed by atoms with Crippen molar-refractivity contribution in [1.82, 2.24) is 0 Å². The first-order chi connectivity index (χ1) is 14.3. The molecule has 6 nitrogen and oxygen atoms in total. The van der Waals surface area contributed by atoms with E-state index >= 15 is 0 Å². The molecule has 0 aromatic carbocycles. The minimum atomic E-state index is -0.780. The summed E-state index contributed by atoms with van der Waals surface area (Å²) in [5.41, 5.74) is -0.780. The maximum absolute atomic E-state index is 12.3. The highest BCUT2D eigenvalue weighted by Gasteiger charge is 2.27. The van der Waals surface area contributed by atoms with Gasteiger partial charge in [0.05, 0.1) is 12.7 Å². The molecule has 0 aliphatic rings. The van der Waals surface area contributed by atoms with Crippen LogP contribution in [-0.2, 0) is 23.8 Å². The maximum atomic E-state index is 12.3. The lowest BCUT2D eigenvalue weighted by Crippen LogP contribution is -2.35. The minimum Gasteiger partial charge on any atom is -0.466 e. The molecule has 0 heterocycles. The molecule has 0 atom stereocenters. The minimum absolute atomic E-state index is 0.0765. The second-order valence-corrected chi connectivity index (χ2v) is 8.68. The van der Waals surface area contributed by atoms with Crippen LogP contribution >= 0.6 is 0 Å². The molecular weight excluding hydrogens is 384 g/mol. The Morgan fingerprint density at radius 2 is 1.33 bits per heavy atom. The average Bonchev–Trinajstić information content (AvgIpc) is 2.69. The van der Waals surface area contributed by atoms with E-state index in [-0.39, 0.29) is 24.5 Å². The Balaban J connectivity index is 3.63. The Kier molecular flexibility index (Phi) is 18.1. The molecule has 0 aromatic rings. The number of carbonyl (C=O) groups is 2. The van der Waals surface area contributed by atoms with Gasteiger partial charge >= 0.3 is 5.97 Å². The lowest BCUT2D eigenvalue weighted by molar-refractivity contribution is -0.144. The zero-order valence-electron chi connectivity index (χ0n) is 19.9. The van der Waals surface area contributed by atoms with Crippen LogP contribution in [0, 0.1) is 0 Å². The Morgan fingerprint density at radius 3 is 1.97 bits per heavy atom. The van der Waals surface area contributed by atoms with Crippen molar-refractivity contribution in [3.05, 3.63) is 0 Å². The van der Waals surface area contributed by atoms with Gasteiger partial charge in [0.2, 0.25) is 0 Å². The van der Waals surface area contributed by atoms with E-state index < -0.39 is 5.60 Å². The van der Waals surface area contributed by atoms with E-state index in [1.165, 1.54) is 0 Å². The second kappa shape index (κ2) is 18.8. The molecule has 0 radical (unpaired) electrons. The average molecular weight is 431 g/mol. The fourth-order valence-corrected chi connectivity index (χ4v) is 2.97. The highest BCUT2D eigenvalue weighted by Crippen LogP contribution is 2.17. The third-order valence-electron chi connectivity index (χ3n) is 4.97. The number of esters is 1. The van der Waals surface area contributed by atoms with Gasteiger partial charge in [0.1, 0.15) is 5.60 Å². The third kappa shape index (κ3) is 17.8. The lowest BCUT2D eigenvalue weighted by atomic mass is 9.98. The molecular formula is C24H46O6. The molecule has 0 spiro atoms. The van der Waals surface area contributed by atoms with Crippen LogP contribution in [0.15, 0.2) is 0 Å². The summed E-state index contributed by atoms with van der Waals surface area (Å²) in [7, 11) is 0. The van der Waals surface area contributed by atoms with Crippen molar-refractivity contribution in [3.63, 3.8) is 0 Å². The number of hydrogen-bond donors (Lipinski definition) is 1. The Hall–Kier alpha value is -0.980. The molecule has 0 aromatic heterocycles. The molecule has 0 bridgehead atoms. The normalized spacial score (nSPS) is 11.8. The molecule has 30 heavy (non-hydrogen) atoms. The molecule has 0 rings (SSSR count). The van der Waals surface area contributed by atoms with Gasteiger partial charge in [-0.15, -0.1) is 0 Å². The van der Waals surface area contributed by atoms with E-state index in [2.05, 4.69) is 0 Å². The van der Waals surface area contributed by atoms with E-state index in [1.807, 2.05) is 27.7 Å². The van der Waals surface area contributed by atoms with Gasteiger partial charge in [-0.05, 0) is 72.6 Å². The summed E-state index contributed by atoms with van der Waals surface area (Å²) in [6.45, 7) is 9.75. The van der Waals surface area contributed by atoms with Gasteiger partial charge in [-0.2, -0.15) is 0 Å². The van der Waals surface area contributed by atoms with Crippen LogP contribution in [0.1, 0.15) is 105 Å². The Bertz CT molecular complexity index is 433. The predicted octanol–water partition coefficient (Wildman–Crippen LogP) is 4.99. The van der Waals surface area contributed by atoms with Gasteiger partial charge in [-0.1, -0.05) is 19.3 Å². The number of ketones is 1. The fourth-order valence-electron chi connectivity index (χ4n) is 2.97. The number of aliphatic hydroxyl groups excluding tert-OH is 1. The van der Waals surface area contributed by atoms with Gasteiger partial charge in [0, 0.05) is 32.7 Å². The van der Waals surface area contributed by atoms with Crippen LogP contribution in [0.4, 0.5) is 0 Å². The van der Waals surface area contributed by atoms with Crippen LogP contribution in [0.5, 0.6) is 0 Å². The van der Waals surface area contributed by atoms with Crippen LogP contribution in [0.2, 0.25) is 0 Å². The number of ether oxygens (including phenoxy) is 3. The summed E-state index contributed by atoms with van der Waals surface area (Å²) in [4.78, 5) is 24.1. The second-order valence-electron chi connectivity index (χ2n) is 8.68. The highest BCUT2D eigenvalue weighted by atomic mass is 16.5. The van der Waals surface area contributed by atoms with E-state index in [1.54, 1.807) is 0 Å². The van der Waals surface area contributed by atoms with Crippen molar-refractivity contribution >= 4 is 11.8 Å². The molecule has 0 aliphatic carbocycles. The molecule has 0 unspecified atom stereocenters. The summed E-state index contributed by atoms with van der Waals surface area (Å²) in [6.07, 6.45) is 10.2. The molecule has 1 N–H and O–H groups in total. The van der Waals surface area contributed by atoms with Crippen molar-refractivity contribution in [3.8, 4) is 0 Å². The molecule has 0 fully saturated rings. The number of Topliss-reactive ketones (excluding diaryl/α,β-unsaturated/α-hetero) is 1. The number of rotatable bonds is 21. The summed E-state index contributed by atoms with van der Waals surface area (Å²) in [5, 5.41) is 8.76. The third-order valence-corrected chi connectivity index (χ3v) is 4.97. The lowest BCUT2D eigenvalue weighted by Gasteiger charge is -2.24. The SMILES string of the molecule is CC(C)OCCCCCCOC(=O)CCCCC(=O)C(C)(C)OCCCCCCO. The monoisotopic (exact) mass is 430 g/mol. The van der Waals surface area contributed by atoms with Crippen molar-refractivity contribution in [2.75, 3.05) is 26.4 Å². The summed E-state index contributed by atoms with van der Waals surface area (Å²) in [6, 6.07) is 0. The Morgan fingerprint density at radius 1 is 0.767 bits per heavy atom. The number of carbonyl (C=O) groups excluding carboxylic acids is 2. The zero-order chi connectivity index (χ0) is 22.7. The van der Waals surface area contributed by atoms with Gasteiger partial charge in [0.25, 0.3) is 0 Å². The molecule has 0 saturated carbocycles. The highest BCUT2D eigenvalue weighted by molar-refractivity contribution is 5.86. The van der Waals surface area contributed by atoms with Crippen molar-refractivity contribution in [1.29, 1.82) is 0 Å². The van der Waals surface area contributed by atoms with Crippen molar-refractivity contribution < 1.29 is 28.9 Å². The molecule has 0 amide bonds. The molecule has 6 heteroatoms. The van der Waals surface area contributed by atoms with E-state index in [0.717, 1.165) is 58.0 Å². The van der Waals surface area contributed by atoms with E-state index in [9.17, 15) is 9.59 Å². The maximum Gasteiger partial charge on any atom is 0.305 e. The van der Waals surface area contributed by atoms with E-state index in [0.29, 0.717) is 38.9 Å². The van der Waals surface area contributed by atoms with Crippen LogP contribution in [0.3, 0.4) is 0 Å². The molecule has 178 valence electrons. The Labute approximate surface area is 184 Å². The number of aliphatic hydroxyl groups is 1. The topological polar surface area (TPSA) is 82.1 Å². The van der Waals surface area contributed by atoms with Gasteiger partial charge in [-0.3, -0.25) is 9.59 Å². The quantitative estimate of drug-likeness (QED) is 0.204. The molecule has 0 aliphatic heterocycles. The largest absolute Gasteiger partial charge is 0.466 e. The number of unbranched alkanes of at least 4 members (excludes halogenated alkanes) is 7. The fraction of sp³-hybridized carbons (Fsp3) is 0.917. The van der Waals surface area contributed by atoms with Crippen molar-refractivity contribution in [2.45, 2.75) is 116 Å². The van der Waals surface area contributed by atoms with Crippen LogP contribution in [-0.4, -0.2) is 55.0 Å². The summed E-state index contributed by atoms with van der Waals surface area (Å²) in [5.74, 6) is -0.100. The number of hydrogen-bond acceptors (Lipinski definition) is 6. The smallest absolute Gasteiger partial charge is 0.305 e. The van der Waals surface area contributed by atoms with Gasteiger partial charge in [0.15, 0.2) is 5.78 Å². The molecule has 0 saturated heterocycles. The van der Waals surface area contributed by atoms with E-state index in [4.69, 9.17) is 19.3 Å². The van der Waals surface area contributed by atoms with Crippen LogP contribution in [0.25, 0.3) is 0 Å². The first kappa shape index (κ1) is 29.0. The first-order valence-electron chi connectivity index (χ1n) is 11.8. The van der Waals surface area contributed by atoms with Gasteiger partial charge < -0.3 is 19.3 Å². The first-order valence-corrected chi connectivity index (χ1v) is 11.8. The van der Waals surface area contributed by atoms with Crippen molar-refractivity contribution in [2.24, 2.45) is 0 Å². The summed E-state index contributed by atoms with van der Waals surface area (Å²) < 4.78 is 16.5. The standard InChI is InChI=1S/C24H46O6/c1-21(2)28-18-12-7-8-13-19-29-23(27)16-10-9-15-22(26)24(3,4)30-20-14-6-5-11-17-25/h21,25H,5-20H2,1-4H3. The van der Waals surface area contributed by atoms with Gasteiger partial charge in [-0.25, -0.2) is 0 Å². The zero-order valence-corrected chi connectivity index (χ0v) is 19.9.